The van der Waals surface area contributed by atoms with Crippen LogP contribution in [0.1, 0.15) is 5.56 Å². The van der Waals surface area contributed by atoms with Crippen molar-refractivity contribution in [2.45, 2.75) is 18.6 Å². The maximum Gasteiger partial charge on any atom is 0.269 e. The van der Waals surface area contributed by atoms with E-state index in [1.807, 2.05) is 6.07 Å². The largest absolute Gasteiger partial charge is 0.453 e. The van der Waals surface area contributed by atoms with Crippen LogP contribution in [-0.2, 0) is 11.3 Å². The van der Waals surface area contributed by atoms with Gasteiger partial charge in [-0.1, -0.05) is 29.4 Å². The molecule has 2 aromatic carbocycles. The number of allylic oxidation sites excluding steroid dienone is 1. The molecule has 0 aliphatic heterocycles. The highest BCUT2D eigenvalue weighted by Gasteiger charge is 2.19. The van der Waals surface area contributed by atoms with Gasteiger partial charge in [-0.15, -0.1) is 16.8 Å². The fourth-order valence-corrected chi connectivity index (χ4v) is 4.14. The van der Waals surface area contributed by atoms with E-state index in [1.165, 1.54) is 30.0 Å². The molecule has 0 aliphatic rings. The third-order valence-electron chi connectivity index (χ3n) is 4.75. The number of nitrogens with one attached hydrogen (secondary N) is 1. The zero-order valence-electron chi connectivity index (χ0n) is 17.4. The number of benzene rings is 2. The number of furan rings is 1. The lowest BCUT2D eigenvalue weighted by Gasteiger charge is -2.09. The number of carbonyl (C=O) groups excluding carboxylic acids is 1. The topological polar surface area (TPSA) is 116 Å². The van der Waals surface area contributed by atoms with Crippen molar-refractivity contribution in [3.8, 4) is 11.6 Å². The minimum absolute atomic E-state index is 0.0298. The number of aryl methyl sites for hydroxylation is 1. The minimum atomic E-state index is -0.477. The van der Waals surface area contributed by atoms with Gasteiger partial charge >= 0.3 is 0 Å². The first-order chi connectivity index (χ1) is 15.9. The molecule has 9 nitrogen and oxygen atoms in total. The number of aromatic nitrogens is 3. The van der Waals surface area contributed by atoms with Gasteiger partial charge in [0.05, 0.1) is 10.7 Å². The van der Waals surface area contributed by atoms with Gasteiger partial charge in [-0.2, -0.15) is 0 Å². The Morgan fingerprint density at radius 3 is 2.85 bits per heavy atom. The highest BCUT2D eigenvalue weighted by atomic mass is 35.5. The van der Waals surface area contributed by atoms with Gasteiger partial charge in [-0.25, -0.2) is 0 Å². The molecule has 2 aromatic heterocycles. The number of anilines is 1. The molecule has 1 N–H and O–H groups in total. The van der Waals surface area contributed by atoms with Gasteiger partial charge in [0.1, 0.15) is 5.58 Å². The summed E-state index contributed by atoms with van der Waals surface area (Å²) in [5.74, 6) is 0.836. The number of non-ortho nitro benzene ring substituents is 1. The van der Waals surface area contributed by atoms with Crippen LogP contribution in [0.4, 0.5) is 11.4 Å². The number of carbonyl (C=O) groups is 1. The van der Waals surface area contributed by atoms with Gasteiger partial charge in [-0.3, -0.25) is 19.5 Å². The van der Waals surface area contributed by atoms with Crippen LogP contribution in [0.15, 0.2) is 64.7 Å². The smallest absolute Gasteiger partial charge is 0.269 e. The van der Waals surface area contributed by atoms with Gasteiger partial charge in [-0.05, 0) is 42.8 Å². The zero-order valence-corrected chi connectivity index (χ0v) is 19.0. The Hall–Kier alpha value is -3.63. The van der Waals surface area contributed by atoms with Gasteiger partial charge < -0.3 is 9.73 Å². The molecule has 0 radical (unpaired) electrons. The van der Waals surface area contributed by atoms with Crippen molar-refractivity contribution in [2.24, 2.45) is 0 Å². The summed E-state index contributed by atoms with van der Waals surface area (Å²) in [5.41, 5.74) is 1.76. The van der Waals surface area contributed by atoms with Gasteiger partial charge in [0.15, 0.2) is 10.9 Å². The monoisotopic (exact) mass is 483 g/mol. The number of hydrogen-bond acceptors (Lipinski definition) is 7. The van der Waals surface area contributed by atoms with Crippen LogP contribution < -0.4 is 5.32 Å². The summed E-state index contributed by atoms with van der Waals surface area (Å²) >= 11 is 7.27. The van der Waals surface area contributed by atoms with Crippen LogP contribution in [0.2, 0.25) is 5.02 Å². The molecule has 168 valence electrons. The predicted octanol–water partition coefficient (Wildman–Crippen LogP) is 5.48. The lowest BCUT2D eigenvalue weighted by atomic mass is 10.2. The Balaban J connectivity index is 1.50. The van der Waals surface area contributed by atoms with E-state index in [1.54, 1.807) is 35.8 Å². The number of amides is 1. The number of nitro groups is 1. The number of rotatable bonds is 8. The van der Waals surface area contributed by atoms with Crippen LogP contribution in [-0.4, -0.2) is 31.3 Å². The van der Waals surface area contributed by atoms with Gasteiger partial charge in [0, 0.05) is 34.8 Å². The molecule has 0 aliphatic carbocycles. The van der Waals surface area contributed by atoms with E-state index in [0.717, 1.165) is 5.39 Å². The first-order valence-corrected chi connectivity index (χ1v) is 11.1. The molecule has 4 rings (SSSR count). The molecular weight excluding hydrogens is 466 g/mol. The number of hydrogen-bond donors (Lipinski definition) is 1. The minimum Gasteiger partial charge on any atom is -0.453 e. The third kappa shape index (κ3) is 4.91. The Morgan fingerprint density at radius 2 is 2.12 bits per heavy atom. The molecule has 0 saturated carbocycles. The molecule has 33 heavy (non-hydrogen) atoms. The van der Waals surface area contributed by atoms with Crippen molar-refractivity contribution in [1.82, 2.24) is 14.8 Å². The van der Waals surface area contributed by atoms with Crippen molar-refractivity contribution < 1.29 is 14.1 Å². The Labute approximate surface area is 197 Å². The van der Waals surface area contributed by atoms with Crippen molar-refractivity contribution in [1.29, 1.82) is 0 Å². The molecule has 1 amide bonds. The zero-order chi connectivity index (χ0) is 23.5. The Kier molecular flexibility index (Phi) is 6.47. The van der Waals surface area contributed by atoms with Crippen LogP contribution >= 0.6 is 23.4 Å². The second kappa shape index (κ2) is 9.47. The van der Waals surface area contributed by atoms with E-state index in [0.29, 0.717) is 45.1 Å². The fourth-order valence-electron chi connectivity index (χ4n) is 3.21. The van der Waals surface area contributed by atoms with E-state index in [-0.39, 0.29) is 17.3 Å². The molecule has 0 unspecified atom stereocenters. The van der Waals surface area contributed by atoms with Crippen LogP contribution in [0.25, 0.3) is 22.6 Å². The summed E-state index contributed by atoms with van der Waals surface area (Å²) in [6, 6.07) is 11.5. The normalized spacial score (nSPS) is 11.0. The molecule has 2 heterocycles. The molecule has 0 atom stereocenters. The van der Waals surface area contributed by atoms with Gasteiger partial charge in [0.25, 0.3) is 5.69 Å². The predicted molar refractivity (Wildman–Crippen MR) is 128 cm³/mol. The maximum absolute atomic E-state index is 12.5. The summed E-state index contributed by atoms with van der Waals surface area (Å²) in [6.07, 6.45) is 1.71. The fraction of sp³-hybridized carbons (Fsp3) is 0.136. The molecule has 4 aromatic rings. The van der Waals surface area contributed by atoms with Gasteiger partial charge in [0.2, 0.25) is 11.7 Å². The highest BCUT2D eigenvalue weighted by molar-refractivity contribution is 7.99. The number of thioether (sulfide) groups is 1. The first kappa shape index (κ1) is 22.6. The molecule has 11 heteroatoms. The van der Waals surface area contributed by atoms with E-state index in [9.17, 15) is 14.9 Å². The van der Waals surface area contributed by atoms with E-state index < -0.39 is 4.92 Å². The molecule has 0 saturated heterocycles. The number of nitro benzene ring substituents is 1. The lowest BCUT2D eigenvalue weighted by molar-refractivity contribution is -0.384. The Morgan fingerprint density at radius 1 is 1.30 bits per heavy atom. The van der Waals surface area contributed by atoms with Crippen LogP contribution in [0, 0.1) is 17.0 Å². The molecule has 0 fully saturated rings. The maximum atomic E-state index is 12.5. The van der Waals surface area contributed by atoms with Crippen molar-refractivity contribution in [3.05, 3.63) is 75.8 Å². The van der Waals surface area contributed by atoms with Crippen molar-refractivity contribution in [3.63, 3.8) is 0 Å². The second-order valence-electron chi connectivity index (χ2n) is 7.09. The number of halogens is 1. The SMILES string of the molecule is C=CCn1c(SCC(=O)Nc2ccc([N+](=O)[O-])cc2C)nnc1-c1cc2cc(Cl)ccc2o1. The quantitative estimate of drug-likeness (QED) is 0.153. The first-order valence-electron chi connectivity index (χ1n) is 9.77. The van der Waals surface area contributed by atoms with Crippen LogP contribution in [0.5, 0.6) is 0 Å². The summed E-state index contributed by atoms with van der Waals surface area (Å²) in [4.78, 5) is 22.9. The van der Waals surface area contributed by atoms with Crippen molar-refractivity contribution >= 4 is 51.6 Å². The average Bonchev–Trinajstić information content (AvgIpc) is 3.37. The van der Waals surface area contributed by atoms with Crippen molar-refractivity contribution in [2.75, 3.05) is 11.1 Å². The summed E-state index contributed by atoms with van der Waals surface area (Å²) < 4.78 is 7.71. The summed E-state index contributed by atoms with van der Waals surface area (Å²) in [5, 5.41) is 24.1. The standard InChI is InChI=1S/C22H18ClN5O4S/c1-3-8-27-21(19-11-14-10-15(23)4-7-18(14)32-19)25-26-22(27)33-12-20(29)24-17-6-5-16(28(30)31)9-13(17)2/h3-7,9-11H,1,8,12H2,2H3,(H,24,29). The van der Waals surface area contributed by atoms with Crippen LogP contribution in [0.3, 0.4) is 0 Å². The van der Waals surface area contributed by atoms with E-state index in [2.05, 4.69) is 22.1 Å². The summed E-state index contributed by atoms with van der Waals surface area (Å²) in [6.45, 7) is 5.90. The Bertz CT molecular complexity index is 1380. The highest BCUT2D eigenvalue weighted by Crippen LogP contribution is 2.31. The molecule has 0 bridgehead atoms. The van der Waals surface area contributed by atoms with E-state index in [4.69, 9.17) is 16.0 Å². The second-order valence-corrected chi connectivity index (χ2v) is 8.47. The molecule has 0 spiro atoms. The van der Waals surface area contributed by atoms with E-state index >= 15 is 0 Å². The average molecular weight is 484 g/mol. The number of nitrogens with zero attached hydrogens (tertiary/aromatic N) is 4. The number of fused-ring (bicyclic) bond motifs is 1. The summed E-state index contributed by atoms with van der Waals surface area (Å²) in [7, 11) is 0. The third-order valence-corrected chi connectivity index (χ3v) is 5.96. The lowest BCUT2D eigenvalue weighted by Crippen LogP contribution is -2.15. The molecular formula is C22H18ClN5O4S.